The van der Waals surface area contributed by atoms with Gasteiger partial charge in [0.15, 0.2) is 5.69 Å². The molecule has 0 spiro atoms. The van der Waals surface area contributed by atoms with Crippen LogP contribution in [0, 0.1) is 17.0 Å². The number of ether oxygens (including phenoxy) is 2. The van der Waals surface area contributed by atoms with Gasteiger partial charge in [0, 0.05) is 5.56 Å². The Labute approximate surface area is 113 Å². The summed E-state index contributed by atoms with van der Waals surface area (Å²) in [4.78, 5) is 22.1. The maximum atomic E-state index is 11.5. The number of benzene rings is 1. The number of hydrogen-bond donors (Lipinski definition) is 1. The summed E-state index contributed by atoms with van der Waals surface area (Å²) >= 11 is 0. The topological polar surface area (TPSA) is 104 Å². The number of carbonyl (C=O) groups is 1. The smallest absolute Gasteiger partial charge is 0.358 e. The lowest BCUT2D eigenvalue weighted by molar-refractivity contribution is -0.384. The van der Waals surface area contributed by atoms with Gasteiger partial charge in [-0.2, -0.15) is 4.73 Å². The quantitative estimate of drug-likeness (QED) is 0.398. The summed E-state index contributed by atoms with van der Waals surface area (Å²) in [7, 11) is 2.47. The third-order valence-electron chi connectivity index (χ3n) is 2.98. The Hall–Kier alpha value is -2.77. The van der Waals surface area contributed by atoms with E-state index in [4.69, 9.17) is 4.74 Å². The molecule has 0 radical (unpaired) electrons. The minimum atomic E-state index is -0.797. The number of methoxy groups -OCH3 is 2. The van der Waals surface area contributed by atoms with Crippen molar-refractivity contribution in [3.8, 4) is 5.75 Å². The lowest BCUT2D eigenvalue weighted by Crippen LogP contribution is -2.07. The van der Waals surface area contributed by atoms with Gasteiger partial charge in [-0.05, 0) is 19.1 Å². The van der Waals surface area contributed by atoms with Crippen molar-refractivity contribution in [1.29, 1.82) is 0 Å². The van der Waals surface area contributed by atoms with Crippen LogP contribution in [0.4, 0.5) is 5.69 Å². The van der Waals surface area contributed by atoms with Crippen molar-refractivity contribution in [3.05, 3.63) is 33.5 Å². The zero-order valence-corrected chi connectivity index (χ0v) is 11.0. The number of aromatic nitrogens is 1. The van der Waals surface area contributed by atoms with Crippen LogP contribution >= 0.6 is 0 Å². The maximum Gasteiger partial charge on any atom is 0.358 e. The molecule has 0 aliphatic carbocycles. The van der Waals surface area contributed by atoms with Crippen molar-refractivity contribution < 1.29 is 24.4 Å². The number of nitrogens with zero attached hydrogens (tertiary/aromatic N) is 2. The number of nitro benzene ring substituents is 1. The van der Waals surface area contributed by atoms with Crippen molar-refractivity contribution in [2.45, 2.75) is 6.92 Å². The molecule has 0 saturated carbocycles. The summed E-state index contributed by atoms with van der Waals surface area (Å²) in [6, 6.07) is 2.69. The summed E-state index contributed by atoms with van der Waals surface area (Å²) in [5.74, 6) is -0.709. The number of nitro groups is 1. The van der Waals surface area contributed by atoms with Crippen LogP contribution < -0.4 is 4.74 Å². The van der Waals surface area contributed by atoms with Gasteiger partial charge in [0.1, 0.15) is 0 Å². The molecular weight excluding hydrogens is 268 g/mol. The van der Waals surface area contributed by atoms with E-state index in [1.807, 2.05) is 0 Å². The molecule has 1 aromatic heterocycles. The predicted molar refractivity (Wildman–Crippen MR) is 68.4 cm³/mol. The summed E-state index contributed by atoms with van der Waals surface area (Å²) < 4.78 is 10.1. The molecule has 0 aliphatic heterocycles. The Kier molecular flexibility index (Phi) is 3.23. The van der Waals surface area contributed by atoms with Crippen LogP contribution in [0.3, 0.4) is 0 Å². The molecule has 106 valence electrons. The predicted octanol–water partition coefficient (Wildman–Crippen LogP) is 1.89. The molecule has 1 heterocycles. The average molecular weight is 280 g/mol. The molecule has 1 aromatic carbocycles. The Morgan fingerprint density at radius 2 is 2.05 bits per heavy atom. The highest BCUT2D eigenvalue weighted by molar-refractivity contribution is 6.00. The van der Waals surface area contributed by atoms with Crippen LogP contribution in [-0.2, 0) is 4.74 Å². The van der Waals surface area contributed by atoms with Crippen LogP contribution in [0.5, 0.6) is 5.75 Å². The highest BCUT2D eigenvalue weighted by atomic mass is 16.6. The zero-order valence-electron chi connectivity index (χ0n) is 11.0. The highest BCUT2D eigenvalue weighted by Crippen LogP contribution is 2.39. The van der Waals surface area contributed by atoms with Crippen molar-refractivity contribution in [2.24, 2.45) is 0 Å². The van der Waals surface area contributed by atoms with Crippen LogP contribution in [0.15, 0.2) is 12.1 Å². The monoisotopic (exact) mass is 280 g/mol. The summed E-state index contributed by atoms with van der Waals surface area (Å²) in [6.45, 7) is 1.61. The lowest BCUT2D eigenvalue weighted by atomic mass is 10.1. The van der Waals surface area contributed by atoms with Gasteiger partial charge in [0.2, 0.25) is 5.75 Å². The van der Waals surface area contributed by atoms with Crippen molar-refractivity contribution in [1.82, 2.24) is 4.73 Å². The summed E-state index contributed by atoms with van der Waals surface area (Å²) in [5, 5.41) is 21.3. The fraction of sp³-hybridized carbons (Fsp3) is 0.250. The second-order valence-electron chi connectivity index (χ2n) is 4.10. The van der Waals surface area contributed by atoms with Gasteiger partial charge in [-0.25, -0.2) is 4.79 Å². The van der Waals surface area contributed by atoms with E-state index in [1.165, 1.54) is 19.2 Å². The van der Waals surface area contributed by atoms with E-state index >= 15 is 0 Å². The van der Waals surface area contributed by atoms with E-state index in [0.29, 0.717) is 10.3 Å². The number of hydrogen-bond acceptors (Lipinski definition) is 6. The van der Waals surface area contributed by atoms with Gasteiger partial charge in [0.05, 0.1) is 30.0 Å². The molecule has 0 saturated heterocycles. The summed E-state index contributed by atoms with van der Waals surface area (Å²) in [5.41, 5.74) is 0.102. The molecule has 8 heteroatoms. The van der Waals surface area contributed by atoms with Crippen molar-refractivity contribution >= 4 is 22.6 Å². The van der Waals surface area contributed by atoms with Crippen LogP contribution in [-0.4, -0.2) is 35.0 Å². The zero-order chi connectivity index (χ0) is 15.0. The molecule has 2 rings (SSSR count). The highest BCUT2D eigenvalue weighted by Gasteiger charge is 2.27. The molecule has 2 aromatic rings. The van der Waals surface area contributed by atoms with E-state index < -0.39 is 10.9 Å². The lowest BCUT2D eigenvalue weighted by Gasteiger charge is -2.06. The molecule has 0 aliphatic rings. The van der Waals surface area contributed by atoms with E-state index in [9.17, 15) is 20.1 Å². The fourth-order valence-corrected chi connectivity index (χ4v) is 2.11. The molecule has 0 atom stereocenters. The van der Waals surface area contributed by atoms with Gasteiger partial charge in [-0.1, -0.05) is 0 Å². The number of fused-ring (bicyclic) bond motifs is 1. The Morgan fingerprint density at radius 1 is 1.40 bits per heavy atom. The van der Waals surface area contributed by atoms with Crippen molar-refractivity contribution in [2.75, 3.05) is 14.2 Å². The van der Waals surface area contributed by atoms with Crippen LogP contribution in [0.1, 0.15) is 16.1 Å². The first-order chi connectivity index (χ1) is 9.42. The average Bonchev–Trinajstić information content (AvgIpc) is 2.73. The van der Waals surface area contributed by atoms with E-state index in [-0.39, 0.29) is 28.0 Å². The van der Waals surface area contributed by atoms with Gasteiger partial charge in [0.25, 0.3) is 0 Å². The van der Waals surface area contributed by atoms with Gasteiger partial charge in [-0.15, -0.1) is 0 Å². The minimum absolute atomic E-state index is 0.0875. The number of esters is 1. The van der Waals surface area contributed by atoms with Gasteiger partial charge >= 0.3 is 11.7 Å². The molecule has 0 unspecified atom stereocenters. The molecule has 0 amide bonds. The molecule has 0 bridgehead atoms. The van der Waals surface area contributed by atoms with Crippen LogP contribution in [0.2, 0.25) is 0 Å². The third-order valence-corrected chi connectivity index (χ3v) is 2.98. The minimum Gasteiger partial charge on any atom is -0.490 e. The van der Waals surface area contributed by atoms with E-state index in [0.717, 1.165) is 7.11 Å². The molecular formula is C12H12N2O6. The Morgan fingerprint density at radius 3 is 2.55 bits per heavy atom. The largest absolute Gasteiger partial charge is 0.490 e. The SMILES string of the molecule is COC(=O)c1cc2c([N+](=O)[O-])c(OC)c(C)cc2n1O. The first kappa shape index (κ1) is 13.7. The Bertz CT molecular complexity index is 719. The van der Waals surface area contributed by atoms with Gasteiger partial charge in [-0.3, -0.25) is 10.1 Å². The number of aryl methyl sites for hydroxylation is 1. The number of carbonyl (C=O) groups excluding carboxylic acids is 1. The first-order valence-electron chi connectivity index (χ1n) is 5.57. The maximum absolute atomic E-state index is 11.5. The van der Waals surface area contributed by atoms with Crippen LogP contribution in [0.25, 0.3) is 10.9 Å². The van der Waals surface area contributed by atoms with Gasteiger partial charge < -0.3 is 14.7 Å². The van der Waals surface area contributed by atoms with Crippen molar-refractivity contribution in [3.63, 3.8) is 0 Å². The molecule has 20 heavy (non-hydrogen) atoms. The number of rotatable bonds is 3. The van der Waals surface area contributed by atoms with E-state index in [2.05, 4.69) is 4.74 Å². The third kappa shape index (κ3) is 1.81. The normalized spacial score (nSPS) is 10.6. The molecule has 0 fully saturated rings. The molecule has 1 N–H and O–H groups in total. The summed E-state index contributed by atoms with van der Waals surface area (Å²) in [6.07, 6.45) is 0. The second-order valence-corrected chi connectivity index (χ2v) is 4.10. The standard InChI is InChI=1S/C12H12N2O6/c1-6-4-8-7(10(14(17)18)11(6)19-2)5-9(13(8)16)12(15)20-3/h4-5,16H,1-3H3. The fourth-order valence-electron chi connectivity index (χ4n) is 2.11. The Balaban J connectivity index is 2.91. The first-order valence-corrected chi connectivity index (χ1v) is 5.57. The van der Waals surface area contributed by atoms with E-state index in [1.54, 1.807) is 6.92 Å². The second kappa shape index (κ2) is 4.72. The molecule has 8 nitrogen and oxygen atoms in total.